The Morgan fingerprint density at radius 3 is 2.50 bits per heavy atom. The van der Waals surface area contributed by atoms with Crippen LogP contribution in [0.1, 0.15) is 0 Å². The molecule has 0 saturated heterocycles. The summed E-state index contributed by atoms with van der Waals surface area (Å²) in [6.07, 6.45) is -3.00. The van der Waals surface area contributed by atoms with Gasteiger partial charge >= 0.3 is 6.36 Å². The predicted molar refractivity (Wildman–Crippen MR) is 69.5 cm³/mol. The maximum Gasteiger partial charge on any atom is 0.573 e. The Balaban J connectivity index is 1.90. The van der Waals surface area contributed by atoms with Crippen molar-refractivity contribution in [3.05, 3.63) is 41.9 Å². The molecular formula is C13H7F3N2OS. The van der Waals surface area contributed by atoms with Gasteiger partial charge in [-0.15, -0.1) is 24.5 Å². The van der Waals surface area contributed by atoms with E-state index >= 15 is 0 Å². The van der Waals surface area contributed by atoms with Crippen molar-refractivity contribution < 1.29 is 17.9 Å². The van der Waals surface area contributed by atoms with E-state index in [-0.39, 0.29) is 5.75 Å². The van der Waals surface area contributed by atoms with E-state index in [1.807, 2.05) is 11.4 Å². The van der Waals surface area contributed by atoms with Gasteiger partial charge in [-0.3, -0.25) is 0 Å². The lowest BCUT2D eigenvalue weighted by Gasteiger charge is -2.08. The maximum atomic E-state index is 12.1. The summed E-state index contributed by atoms with van der Waals surface area (Å²) in [6, 6.07) is 7.38. The van der Waals surface area contributed by atoms with Crippen molar-refractivity contribution in [2.45, 2.75) is 6.36 Å². The predicted octanol–water partition coefficient (Wildman–Crippen LogP) is 4.26. The molecule has 0 saturated carbocycles. The summed E-state index contributed by atoms with van der Waals surface area (Å²) in [4.78, 5) is 9.38. The van der Waals surface area contributed by atoms with Crippen molar-refractivity contribution >= 4 is 21.6 Å². The lowest BCUT2D eigenvalue weighted by molar-refractivity contribution is -0.274. The summed E-state index contributed by atoms with van der Waals surface area (Å²) in [7, 11) is 0. The number of halogens is 3. The number of aromatic nitrogens is 2. The molecule has 0 radical (unpaired) electrons. The van der Waals surface area contributed by atoms with Gasteiger partial charge in [0.2, 0.25) is 0 Å². The lowest BCUT2D eigenvalue weighted by Crippen LogP contribution is -2.16. The Morgan fingerprint density at radius 2 is 1.80 bits per heavy atom. The van der Waals surface area contributed by atoms with Gasteiger partial charge in [0, 0.05) is 17.1 Å². The highest BCUT2D eigenvalue weighted by Gasteiger charge is 2.30. The zero-order valence-corrected chi connectivity index (χ0v) is 10.7. The van der Waals surface area contributed by atoms with E-state index in [0.29, 0.717) is 11.4 Å². The Hall–Kier alpha value is -2.15. The van der Waals surface area contributed by atoms with Crippen LogP contribution in [0.15, 0.2) is 41.9 Å². The second kappa shape index (κ2) is 4.75. The lowest BCUT2D eigenvalue weighted by atomic mass is 10.2. The van der Waals surface area contributed by atoms with Crippen molar-refractivity contribution in [1.29, 1.82) is 0 Å². The van der Waals surface area contributed by atoms with Crippen molar-refractivity contribution in [3.63, 3.8) is 0 Å². The van der Waals surface area contributed by atoms with Gasteiger partial charge in [0.15, 0.2) is 5.82 Å². The summed E-state index contributed by atoms with van der Waals surface area (Å²) in [5.41, 5.74) is 0.634. The van der Waals surface area contributed by atoms with Gasteiger partial charge in [0.25, 0.3) is 0 Å². The second-order valence-electron chi connectivity index (χ2n) is 3.95. The molecule has 1 aromatic carbocycles. The molecule has 0 fully saturated rings. The van der Waals surface area contributed by atoms with Crippen LogP contribution < -0.4 is 4.74 Å². The van der Waals surface area contributed by atoms with Gasteiger partial charge in [-0.05, 0) is 35.7 Å². The summed E-state index contributed by atoms with van der Waals surface area (Å²) in [5.74, 6) is 0.206. The number of benzene rings is 1. The molecule has 0 aliphatic carbocycles. The molecule has 2 heterocycles. The number of nitrogens with zero attached hydrogens (tertiary/aromatic N) is 2. The van der Waals surface area contributed by atoms with Gasteiger partial charge in [-0.2, -0.15) is 0 Å². The van der Waals surface area contributed by atoms with E-state index in [9.17, 15) is 13.2 Å². The number of hydrogen-bond donors (Lipinski definition) is 0. The summed E-state index contributed by atoms with van der Waals surface area (Å²) in [5, 5.41) is 2.85. The third-order valence-corrected chi connectivity index (χ3v) is 3.38. The van der Waals surface area contributed by atoms with E-state index in [0.717, 1.165) is 10.2 Å². The van der Waals surface area contributed by atoms with E-state index in [1.54, 1.807) is 6.20 Å². The van der Waals surface area contributed by atoms with E-state index < -0.39 is 6.36 Å². The molecule has 0 unspecified atom stereocenters. The first-order chi connectivity index (χ1) is 9.51. The first-order valence-electron chi connectivity index (χ1n) is 5.58. The second-order valence-corrected chi connectivity index (χ2v) is 4.84. The SMILES string of the molecule is FC(F)(F)Oc1ccc(-c2ncc3ccsc3n2)cc1. The zero-order valence-electron chi connectivity index (χ0n) is 9.89. The molecule has 0 amide bonds. The Labute approximate surface area is 115 Å². The van der Waals surface area contributed by atoms with Crippen LogP contribution in [-0.2, 0) is 0 Å². The first-order valence-corrected chi connectivity index (χ1v) is 6.46. The summed E-state index contributed by atoms with van der Waals surface area (Å²) >= 11 is 1.48. The third-order valence-electron chi connectivity index (χ3n) is 2.55. The average molecular weight is 296 g/mol. The van der Waals surface area contributed by atoms with E-state index in [4.69, 9.17) is 0 Å². The monoisotopic (exact) mass is 296 g/mol. The van der Waals surface area contributed by atoms with Crippen LogP contribution in [0.2, 0.25) is 0 Å². The molecule has 0 N–H and O–H groups in total. The molecule has 0 bridgehead atoms. The van der Waals surface area contributed by atoms with E-state index in [1.165, 1.54) is 35.6 Å². The Bertz CT molecular complexity index is 737. The quantitative estimate of drug-likeness (QED) is 0.709. The molecule has 3 rings (SSSR count). The van der Waals surface area contributed by atoms with Crippen molar-refractivity contribution in [2.75, 3.05) is 0 Å². The minimum atomic E-state index is -4.69. The fourth-order valence-corrected chi connectivity index (χ4v) is 2.44. The number of alkyl halides is 3. The normalized spacial score (nSPS) is 11.8. The molecule has 3 nitrogen and oxygen atoms in total. The number of hydrogen-bond acceptors (Lipinski definition) is 4. The largest absolute Gasteiger partial charge is 0.573 e. The van der Waals surface area contributed by atoms with Gasteiger partial charge in [-0.1, -0.05) is 0 Å². The molecule has 0 aliphatic rings. The zero-order chi connectivity index (χ0) is 14.2. The fraction of sp³-hybridized carbons (Fsp3) is 0.0769. The summed E-state index contributed by atoms with van der Waals surface area (Å²) < 4.78 is 40.0. The van der Waals surface area contributed by atoms with Crippen LogP contribution in [0.5, 0.6) is 5.75 Å². The number of thiophene rings is 1. The van der Waals surface area contributed by atoms with Gasteiger partial charge in [-0.25, -0.2) is 9.97 Å². The Kier molecular flexibility index (Phi) is 3.06. The van der Waals surface area contributed by atoms with Crippen molar-refractivity contribution in [1.82, 2.24) is 9.97 Å². The topological polar surface area (TPSA) is 35.0 Å². The van der Waals surface area contributed by atoms with Gasteiger partial charge in [0.05, 0.1) is 0 Å². The number of ether oxygens (including phenoxy) is 1. The first kappa shape index (κ1) is 12.9. The molecule has 20 heavy (non-hydrogen) atoms. The van der Waals surface area contributed by atoms with Crippen molar-refractivity contribution in [3.8, 4) is 17.1 Å². The average Bonchev–Trinajstić information content (AvgIpc) is 2.85. The van der Waals surface area contributed by atoms with Gasteiger partial charge < -0.3 is 4.74 Å². The van der Waals surface area contributed by atoms with Crippen LogP contribution in [0.25, 0.3) is 21.6 Å². The molecule has 7 heteroatoms. The smallest absolute Gasteiger partial charge is 0.406 e. The highest BCUT2D eigenvalue weighted by Crippen LogP contribution is 2.26. The van der Waals surface area contributed by atoms with Crippen LogP contribution in [-0.4, -0.2) is 16.3 Å². The molecule has 0 atom stereocenters. The highest BCUT2D eigenvalue weighted by molar-refractivity contribution is 7.16. The van der Waals surface area contributed by atoms with Crippen LogP contribution in [0.4, 0.5) is 13.2 Å². The number of fused-ring (bicyclic) bond motifs is 1. The van der Waals surface area contributed by atoms with Gasteiger partial charge in [0.1, 0.15) is 10.6 Å². The fourth-order valence-electron chi connectivity index (χ4n) is 1.70. The Morgan fingerprint density at radius 1 is 1.05 bits per heavy atom. The van der Waals surface area contributed by atoms with E-state index in [2.05, 4.69) is 14.7 Å². The third kappa shape index (κ3) is 2.72. The molecule has 3 aromatic rings. The minimum Gasteiger partial charge on any atom is -0.406 e. The van der Waals surface area contributed by atoms with Crippen molar-refractivity contribution in [2.24, 2.45) is 0 Å². The maximum absolute atomic E-state index is 12.1. The molecule has 2 aromatic heterocycles. The molecular weight excluding hydrogens is 289 g/mol. The summed E-state index contributed by atoms with van der Waals surface area (Å²) in [6.45, 7) is 0. The standard InChI is InChI=1S/C13H7F3N2OS/c14-13(15,16)19-10-3-1-8(2-4-10)11-17-7-9-5-6-20-12(9)18-11/h1-7H. The minimum absolute atomic E-state index is 0.265. The van der Waals surface area contributed by atoms with Crippen LogP contribution >= 0.6 is 11.3 Å². The van der Waals surface area contributed by atoms with Crippen LogP contribution in [0.3, 0.4) is 0 Å². The molecule has 0 spiro atoms. The molecule has 102 valence electrons. The van der Waals surface area contributed by atoms with Crippen LogP contribution in [0, 0.1) is 0 Å². The molecule has 0 aliphatic heterocycles. The highest BCUT2D eigenvalue weighted by atomic mass is 32.1. The number of rotatable bonds is 2.